The van der Waals surface area contributed by atoms with Crippen LogP contribution >= 0.6 is 11.3 Å². The van der Waals surface area contributed by atoms with Crippen LogP contribution in [0.2, 0.25) is 0 Å². The quantitative estimate of drug-likeness (QED) is 0.755. The van der Waals surface area contributed by atoms with E-state index in [0.717, 1.165) is 29.8 Å². The van der Waals surface area contributed by atoms with E-state index in [1.54, 1.807) is 11.3 Å². The van der Waals surface area contributed by atoms with E-state index in [1.807, 2.05) is 6.92 Å². The first kappa shape index (κ1) is 9.86. The molecule has 0 spiro atoms. The number of hydrogen-bond acceptors (Lipinski definition) is 5. The maximum Gasteiger partial charge on any atom is 0.208 e. The zero-order valence-electron chi connectivity index (χ0n) is 8.87. The van der Waals surface area contributed by atoms with Gasteiger partial charge in [-0.1, -0.05) is 11.3 Å². The van der Waals surface area contributed by atoms with Crippen molar-refractivity contribution in [2.75, 3.05) is 24.5 Å². The Hall–Kier alpha value is -0.680. The molecule has 0 atom stereocenters. The predicted molar refractivity (Wildman–Crippen MR) is 58.9 cm³/mol. The van der Waals surface area contributed by atoms with Crippen LogP contribution in [0.1, 0.15) is 18.9 Å². The molecule has 1 aromatic rings. The lowest BCUT2D eigenvalue weighted by molar-refractivity contribution is 0.379. The summed E-state index contributed by atoms with van der Waals surface area (Å²) in [6, 6.07) is 0. The van der Waals surface area contributed by atoms with E-state index in [0.29, 0.717) is 0 Å². The first-order chi connectivity index (χ1) is 6.59. The molecular formula is C9H16N4S. The molecule has 0 unspecified atom stereocenters. The highest BCUT2D eigenvalue weighted by Crippen LogP contribution is 2.27. The summed E-state index contributed by atoms with van der Waals surface area (Å²) in [7, 11) is 0. The number of anilines is 1. The number of nitrogens with zero attached hydrogens (tertiary/aromatic N) is 3. The van der Waals surface area contributed by atoms with Crippen molar-refractivity contribution in [1.82, 2.24) is 15.5 Å². The van der Waals surface area contributed by atoms with E-state index in [-0.39, 0.29) is 5.54 Å². The summed E-state index contributed by atoms with van der Waals surface area (Å²) in [5.41, 5.74) is 0.143. The second kappa shape index (κ2) is 3.47. The summed E-state index contributed by atoms with van der Waals surface area (Å²) >= 11 is 1.67. The van der Waals surface area contributed by atoms with E-state index < -0.39 is 0 Å². The molecule has 1 aliphatic heterocycles. The van der Waals surface area contributed by atoms with Crippen molar-refractivity contribution in [2.45, 2.75) is 26.3 Å². The van der Waals surface area contributed by atoms with Crippen LogP contribution in [0, 0.1) is 6.92 Å². The van der Waals surface area contributed by atoms with Crippen molar-refractivity contribution in [1.29, 1.82) is 0 Å². The smallest absolute Gasteiger partial charge is 0.208 e. The minimum Gasteiger partial charge on any atom is -0.339 e. The van der Waals surface area contributed by atoms with Crippen molar-refractivity contribution >= 4 is 16.5 Å². The van der Waals surface area contributed by atoms with Gasteiger partial charge in [-0.15, -0.1) is 10.2 Å². The monoisotopic (exact) mass is 212 g/mol. The molecule has 2 rings (SSSR count). The maximum absolute atomic E-state index is 4.20. The summed E-state index contributed by atoms with van der Waals surface area (Å²) in [6.07, 6.45) is 0. The predicted octanol–water partition coefficient (Wildman–Crippen LogP) is 1.03. The zero-order chi connectivity index (χ0) is 10.2. The van der Waals surface area contributed by atoms with E-state index in [9.17, 15) is 0 Å². The van der Waals surface area contributed by atoms with Crippen LogP contribution in [-0.4, -0.2) is 35.4 Å². The van der Waals surface area contributed by atoms with Gasteiger partial charge in [0, 0.05) is 25.2 Å². The van der Waals surface area contributed by atoms with Gasteiger partial charge >= 0.3 is 0 Å². The average Bonchev–Trinajstić information content (AvgIpc) is 2.51. The standard InChI is InChI=1S/C9H16N4S/c1-7-11-12-8(14-7)13-5-4-10-6-9(13,2)3/h10H,4-6H2,1-3H3. The maximum atomic E-state index is 4.20. The molecule has 0 aromatic carbocycles. The van der Waals surface area contributed by atoms with Crippen molar-refractivity contribution in [3.63, 3.8) is 0 Å². The first-order valence-corrected chi connectivity index (χ1v) is 5.70. The third-order valence-corrected chi connectivity index (χ3v) is 3.41. The van der Waals surface area contributed by atoms with Crippen LogP contribution in [-0.2, 0) is 0 Å². The molecule has 0 amide bonds. The number of piperazine rings is 1. The number of rotatable bonds is 1. The first-order valence-electron chi connectivity index (χ1n) is 4.88. The molecule has 0 bridgehead atoms. The highest BCUT2D eigenvalue weighted by molar-refractivity contribution is 7.15. The van der Waals surface area contributed by atoms with Gasteiger partial charge < -0.3 is 10.2 Å². The lowest BCUT2D eigenvalue weighted by atomic mass is 10.0. The van der Waals surface area contributed by atoms with Gasteiger partial charge in [0.2, 0.25) is 5.13 Å². The summed E-state index contributed by atoms with van der Waals surface area (Å²) in [5, 5.41) is 13.7. The fourth-order valence-electron chi connectivity index (χ4n) is 1.73. The summed E-state index contributed by atoms with van der Waals surface area (Å²) in [5.74, 6) is 0. The van der Waals surface area contributed by atoms with Gasteiger partial charge in [0.05, 0.1) is 0 Å². The molecule has 78 valence electrons. The molecule has 0 saturated carbocycles. The van der Waals surface area contributed by atoms with Crippen molar-refractivity contribution in [3.8, 4) is 0 Å². The zero-order valence-corrected chi connectivity index (χ0v) is 9.69. The molecule has 1 aliphatic rings. The Morgan fingerprint density at radius 3 is 2.79 bits per heavy atom. The van der Waals surface area contributed by atoms with Gasteiger partial charge in [-0.3, -0.25) is 0 Å². The Kier molecular flexibility index (Phi) is 2.45. The van der Waals surface area contributed by atoms with Gasteiger partial charge in [-0.05, 0) is 20.8 Å². The molecule has 5 heteroatoms. The van der Waals surface area contributed by atoms with Crippen LogP contribution in [0.25, 0.3) is 0 Å². The van der Waals surface area contributed by atoms with Crippen LogP contribution in [0.5, 0.6) is 0 Å². The second-order valence-corrected chi connectivity index (χ2v) is 5.40. The minimum absolute atomic E-state index is 0.143. The lowest BCUT2D eigenvalue weighted by Gasteiger charge is -2.42. The molecule has 14 heavy (non-hydrogen) atoms. The summed E-state index contributed by atoms with van der Waals surface area (Å²) in [6.45, 7) is 9.51. The largest absolute Gasteiger partial charge is 0.339 e. The van der Waals surface area contributed by atoms with Crippen molar-refractivity contribution in [2.24, 2.45) is 0 Å². The van der Waals surface area contributed by atoms with E-state index >= 15 is 0 Å². The molecular weight excluding hydrogens is 196 g/mol. The van der Waals surface area contributed by atoms with Crippen LogP contribution in [0.3, 0.4) is 0 Å². The van der Waals surface area contributed by atoms with E-state index in [1.165, 1.54) is 0 Å². The Morgan fingerprint density at radius 2 is 2.21 bits per heavy atom. The third-order valence-electron chi connectivity index (χ3n) is 2.55. The molecule has 1 aromatic heterocycles. The molecule has 4 nitrogen and oxygen atoms in total. The van der Waals surface area contributed by atoms with E-state index in [2.05, 4.69) is 34.3 Å². The molecule has 1 fully saturated rings. The van der Waals surface area contributed by atoms with Crippen molar-refractivity contribution < 1.29 is 0 Å². The Morgan fingerprint density at radius 1 is 1.43 bits per heavy atom. The Balaban J connectivity index is 2.23. The van der Waals surface area contributed by atoms with Crippen LogP contribution < -0.4 is 10.2 Å². The Labute approximate surface area is 88.3 Å². The van der Waals surface area contributed by atoms with Gasteiger partial charge in [-0.25, -0.2) is 0 Å². The molecule has 1 saturated heterocycles. The lowest BCUT2D eigenvalue weighted by Crippen LogP contribution is -2.58. The topological polar surface area (TPSA) is 41.1 Å². The number of aryl methyl sites for hydroxylation is 1. The number of aromatic nitrogens is 2. The van der Waals surface area contributed by atoms with Gasteiger partial charge in [0.1, 0.15) is 5.01 Å². The number of hydrogen-bond donors (Lipinski definition) is 1. The SMILES string of the molecule is Cc1nnc(N2CCNCC2(C)C)s1. The van der Waals surface area contributed by atoms with Gasteiger partial charge in [0.25, 0.3) is 0 Å². The van der Waals surface area contributed by atoms with Gasteiger partial charge in [-0.2, -0.15) is 0 Å². The van der Waals surface area contributed by atoms with E-state index in [4.69, 9.17) is 0 Å². The van der Waals surface area contributed by atoms with Crippen molar-refractivity contribution in [3.05, 3.63) is 5.01 Å². The highest BCUT2D eigenvalue weighted by Gasteiger charge is 2.31. The molecule has 0 aliphatic carbocycles. The Bertz CT molecular complexity index is 320. The highest BCUT2D eigenvalue weighted by atomic mass is 32.1. The third kappa shape index (κ3) is 1.74. The molecule has 0 radical (unpaired) electrons. The fraction of sp³-hybridized carbons (Fsp3) is 0.778. The number of nitrogens with one attached hydrogen (secondary N) is 1. The minimum atomic E-state index is 0.143. The van der Waals surface area contributed by atoms with Crippen LogP contribution in [0.4, 0.5) is 5.13 Å². The average molecular weight is 212 g/mol. The summed E-state index contributed by atoms with van der Waals surface area (Å²) < 4.78 is 0. The molecule has 1 N–H and O–H groups in total. The second-order valence-electron chi connectivity index (χ2n) is 4.24. The van der Waals surface area contributed by atoms with Crippen LogP contribution in [0.15, 0.2) is 0 Å². The fourth-order valence-corrected chi connectivity index (χ4v) is 2.61. The summed E-state index contributed by atoms with van der Waals surface area (Å²) in [4.78, 5) is 2.34. The van der Waals surface area contributed by atoms with Gasteiger partial charge in [0.15, 0.2) is 0 Å². The molecule has 2 heterocycles. The normalized spacial score (nSPS) is 21.2.